The monoisotopic (exact) mass is 347 g/mol. The molecule has 5 nitrogen and oxygen atoms in total. The normalized spacial score (nSPS) is 23.2. The molecule has 2 aliphatic rings. The van der Waals surface area contributed by atoms with Crippen LogP contribution < -0.4 is 0 Å². The SMILES string of the molecule is C=C1C(C)=CC/C=C\C=C\CC2=NC(N(C)C)=N/C2=C/1c1cnn(C)c1. The molecule has 0 atom stereocenters. The summed E-state index contributed by atoms with van der Waals surface area (Å²) >= 11 is 0. The average molecular weight is 347 g/mol. The molecule has 0 unspecified atom stereocenters. The standard InChI is InChI=1S/C21H25N5/c1-15-11-9-7-6-8-10-12-18-20(24-21(23-18)25(3)4)19(16(15)2)17-13-22-26(5)14-17/h6-8,10-11,13-14H,2,9,12H2,1,3-5H3/b7-6-,10-8+,15-11?,20-19-. The maximum atomic E-state index is 4.83. The van der Waals surface area contributed by atoms with Crippen LogP contribution in [0.5, 0.6) is 0 Å². The van der Waals surface area contributed by atoms with Gasteiger partial charge in [0.15, 0.2) is 0 Å². The number of allylic oxidation sites excluding steroid dienone is 9. The molecule has 3 rings (SSSR count). The first kappa shape index (κ1) is 17.9. The van der Waals surface area contributed by atoms with E-state index in [1.807, 2.05) is 38.4 Å². The van der Waals surface area contributed by atoms with Gasteiger partial charge in [-0.3, -0.25) is 4.68 Å². The maximum Gasteiger partial charge on any atom is 0.225 e. The number of rotatable bonds is 1. The van der Waals surface area contributed by atoms with Gasteiger partial charge in [-0.1, -0.05) is 37.0 Å². The van der Waals surface area contributed by atoms with Crippen LogP contribution in [-0.2, 0) is 7.05 Å². The van der Waals surface area contributed by atoms with Crippen LogP contribution in [0.25, 0.3) is 5.57 Å². The Hall–Kier alpha value is -2.95. The molecule has 2 heterocycles. The van der Waals surface area contributed by atoms with Crippen LogP contribution in [0.15, 0.2) is 76.2 Å². The third-order valence-corrected chi connectivity index (χ3v) is 4.38. The summed E-state index contributed by atoms with van der Waals surface area (Å²) in [4.78, 5) is 11.5. The summed E-state index contributed by atoms with van der Waals surface area (Å²) in [5.41, 5.74) is 5.94. The smallest absolute Gasteiger partial charge is 0.225 e. The highest BCUT2D eigenvalue weighted by atomic mass is 15.3. The van der Waals surface area contributed by atoms with E-state index in [1.165, 1.54) is 0 Å². The molecule has 1 aliphatic carbocycles. The largest absolute Gasteiger partial charge is 0.347 e. The molecule has 0 spiro atoms. The molecule has 0 saturated carbocycles. The third kappa shape index (κ3) is 3.67. The average Bonchev–Trinajstić information content (AvgIpc) is 3.20. The zero-order valence-electron chi connectivity index (χ0n) is 15.9. The molecule has 1 aromatic heterocycles. The second-order valence-electron chi connectivity index (χ2n) is 6.65. The summed E-state index contributed by atoms with van der Waals surface area (Å²) in [6.45, 7) is 6.47. The van der Waals surface area contributed by atoms with E-state index in [0.29, 0.717) is 5.96 Å². The Morgan fingerprint density at radius 1 is 1.15 bits per heavy atom. The van der Waals surface area contributed by atoms with Crippen molar-refractivity contribution in [2.45, 2.75) is 19.8 Å². The van der Waals surface area contributed by atoms with Crippen molar-refractivity contribution in [1.29, 1.82) is 0 Å². The molecule has 0 radical (unpaired) electrons. The quantitative estimate of drug-likeness (QED) is 0.773. The highest BCUT2D eigenvalue weighted by molar-refractivity contribution is 6.18. The van der Waals surface area contributed by atoms with Gasteiger partial charge in [-0.25, -0.2) is 9.98 Å². The number of aromatic nitrogens is 2. The van der Waals surface area contributed by atoms with Gasteiger partial charge in [-0.15, -0.1) is 0 Å². The maximum absolute atomic E-state index is 4.83. The van der Waals surface area contributed by atoms with E-state index in [2.05, 4.69) is 49.0 Å². The van der Waals surface area contributed by atoms with Crippen molar-refractivity contribution in [2.24, 2.45) is 17.0 Å². The van der Waals surface area contributed by atoms with Gasteiger partial charge < -0.3 is 4.90 Å². The summed E-state index contributed by atoms with van der Waals surface area (Å²) in [5.74, 6) is 0.713. The molecular formula is C21H25N5. The number of aryl methyl sites for hydroxylation is 1. The van der Waals surface area contributed by atoms with E-state index >= 15 is 0 Å². The van der Waals surface area contributed by atoms with Crippen molar-refractivity contribution >= 4 is 17.2 Å². The van der Waals surface area contributed by atoms with Crippen LogP contribution in [0.1, 0.15) is 25.3 Å². The molecule has 0 fully saturated rings. The summed E-state index contributed by atoms with van der Waals surface area (Å²) in [6, 6.07) is 0. The Morgan fingerprint density at radius 2 is 1.92 bits per heavy atom. The van der Waals surface area contributed by atoms with Gasteiger partial charge in [0.2, 0.25) is 5.96 Å². The van der Waals surface area contributed by atoms with Gasteiger partial charge >= 0.3 is 0 Å². The van der Waals surface area contributed by atoms with E-state index < -0.39 is 0 Å². The summed E-state index contributed by atoms with van der Waals surface area (Å²) in [7, 11) is 5.83. The lowest BCUT2D eigenvalue weighted by Gasteiger charge is -2.14. The molecule has 0 N–H and O–H groups in total. The van der Waals surface area contributed by atoms with Crippen molar-refractivity contribution < 1.29 is 0 Å². The second kappa shape index (κ2) is 7.52. The van der Waals surface area contributed by atoms with Crippen molar-refractivity contribution in [3.8, 4) is 0 Å². The summed E-state index contributed by atoms with van der Waals surface area (Å²) in [6.07, 6.45) is 16.0. The number of fused-ring (bicyclic) bond motifs is 1. The van der Waals surface area contributed by atoms with Gasteiger partial charge in [0.05, 0.1) is 17.6 Å². The molecule has 0 saturated heterocycles. The first-order valence-corrected chi connectivity index (χ1v) is 8.72. The minimum absolute atomic E-state index is 0.713. The molecule has 5 heteroatoms. The van der Waals surface area contributed by atoms with E-state index in [-0.39, 0.29) is 0 Å². The molecule has 134 valence electrons. The Labute approximate surface area is 155 Å². The van der Waals surface area contributed by atoms with E-state index in [9.17, 15) is 0 Å². The lowest BCUT2D eigenvalue weighted by molar-refractivity contribution is 0.616. The molecule has 0 bridgehead atoms. The fourth-order valence-electron chi connectivity index (χ4n) is 2.89. The van der Waals surface area contributed by atoms with Crippen LogP contribution in [0.4, 0.5) is 0 Å². The highest BCUT2D eigenvalue weighted by Gasteiger charge is 2.24. The summed E-state index contributed by atoms with van der Waals surface area (Å²) < 4.78 is 1.80. The van der Waals surface area contributed by atoms with Crippen molar-refractivity contribution in [1.82, 2.24) is 14.7 Å². The Bertz CT molecular complexity index is 901. The molecule has 26 heavy (non-hydrogen) atoms. The van der Waals surface area contributed by atoms with Crippen LogP contribution in [0.2, 0.25) is 0 Å². The van der Waals surface area contributed by atoms with Gasteiger partial charge in [-0.2, -0.15) is 5.10 Å². The van der Waals surface area contributed by atoms with Gasteiger partial charge in [-0.05, 0) is 24.5 Å². The minimum atomic E-state index is 0.713. The molecule has 0 amide bonds. The van der Waals surface area contributed by atoms with E-state index in [0.717, 1.165) is 46.5 Å². The Kier molecular flexibility index (Phi) is 5.16. The Morgan fingerprint density at radius 3 is 2.62 bits per heavy atom. The lowest BCUT2D eigenvalue weighted by Crippen LogP contribution is -2.18. The summed E-state index contributed by atoms with van der Waals surface area (Å²) in [5, 5.41) is 4.35. The number of guanidine groups is 1. The predicted molar refractivity (Wildman–Crippen MR) is 109 cm³/mol. The molecule has 1 aliphatic heterocycles. The minimum Gasteiger partial charge on any atom is -0.347 e. The fraction of sp³-hybridized carbons (Fsp3) is 0.286. The number of aliphatic imine (C=N–C) groups is 2. The van der Waals surface area contributed by atoms with Crippen LogP contribution in [-0.4, -0.2) is 40.4 Å². The topological polar surface area (TPSA) is 45.8 Å². The lowest BCUT2D eigenvalue weighted by atomic mass is 9.91. The molecule has 0 aromatic carbocycles. The number of nitrogens with zero attached hydrogens (tertiary/aromatic N) is 5. The van der Waals surface area contributed by atoms with E-state index in [1.54, 1.807) is 4.68 Å². The zero-order chi connectivity index (χ0) is 18.7. The number of hydrogen-bond donors (Lipinski definition) is 0. The zero-order valence-corrected chi connectivity index (χ0v) is 15.9. The van der Waals surface area contributed by atoms with Crippen LogP contribution in [0.3, 0.4) is 0 Å². The fourth-order valence-corrected chi connectivity index (χ4v) is 2.89. The second-order valence-corrected chi connectivity index (χ2v) is 6.65. The first-order valence-electron chi connectivity index (χ1n) is 8.72. The van der Waals surface area contributed by atoms with Crippen molar-refractivity contribution in [3.63, 3.8) is 0 Å². The van der Waals surface area contributed by atoms with Crippen LogP contribution >= 0.6 is 0 Å². The highest BCUT2D eigenvalue weighted by Crippen LogP contribution is 2.34. The van der Waals surface area contributed by atoms with Crippen molar-refractivity contribution in [3.05, 3.63) is 71.8 Å². The van der Waals surface area contributed by atoms with Crippen molar-refractivity contribution in [2.75, 3.05) is 14.1 Å². The van der Waals surface area contributed by atoms with Gasteiger partial charge in [0, 0.05) is 44.9 Å². The first-order chi connectivity index (χ1) is 12.5. The van der Waals surface area contributed by atoms with Crippen LogP contribution in [0, 0.1) is 0 Å². The Balaban J connectivity index is 2.23. The molecular weight excluding hydrogens is 322 g/mol. The molecule has 1 aromatic rings. The van der Waals surface area contributed by atoms with Gasteiger partial charge in [0.25, 0.3) is 0 Å². The van der Waals surface area contributed by atoms with Gasteiger partial charge in [0.1, 0.15) is 0 Å². The third-order valence-electron chi connectivity index (χ3n) is 4.38. The number of hydrogen-bond acceptors (Lipinski definition) is 4. The van der Waals surface area contributed by atoms with E-state index in [4.69, 9.17) is 9.98 Å². The predicted octanol–water partition coefficient (Wildman–Crippen LogP) is 3.91.